The standard InChI is InChI=1S/C20H32BN3O4/c1-18(2,3)26-17(25)23-15-9-11-24(13-15)16-12-14(8-10-22-16)21-27-19(4,5)20(6,7)28-21/h8,10,12,15H,9,11,13H2,1-7H3,(H,23,25). The lowest BCUT2D eigenvalue weighted by molar-refractivity contribution is 0.00578. The first kappa shape index (κ1) is 20.9. The van der Waals surface area contributed by atoms with Gasteiger partial charge in [-0.25, -0.2) is 9.78 Å². The molecular formula is C20H32BN3O4. The third kappa shape index (κ3) is 4.60. The quantitative estimate of drug-likeness (QED) is 0.801. The summed E-state index contributed by atoms with van der Waals surface area (Å²) in [4.78, 5) is 18.7. The molecule has 1 aromatic heterocycles. The lowest BCUT2D eigenvalue weighted by Gasteiger charge is -2.32. The Balaban J connectivity index is 1.63. The van der Waals surface area contributed by atoms with Gasteiger partial charge in [-0.3, -0.25) is 0 Å². The Hall–Kier alpha value is -1.80. The number of aromatic nitrogens is 1. The molecule has 2 aliphatic rings. The molecule has 1 aromatic rings. The average molecular weight is 389 g/mol. The number of amides is 1. The van der Waals surface area contributed by atoms with Crippen molar-refractivity contribution in [3.05, 3.63) is 18.3 Å². The van der Waals surface area contributed by atoms with Crippen molar-refractivity contribution in [2.75, 3.05) is 18.0 Å². The van der Waals surface area contributed by atoms with Crippen LogP contribution in [-0.2, 0) is 14.0 Å². The normalized spacial score (nSPS) is 23.8. The summed E-state index contributed by atoms with van der Waals surface area (Å²) < 4.78 is 17.6. The van der Waals surface area contributed by atoms with Crippen LogP contribution in [0.3, 0.4) is 0 Å². The number of hydrogen-bond donors (Lipinski definition) is 1. The van der Waals surface area contributed by atoms with Crippen molar-refractivity contribution in [3.8, 4) is 0 Å². The van der Waals surface area contributed by atoms with Gasteiger partial charge in [-0.2, -0.15) is 0 Å². The second kappa shape index (κ2) is 7.23. The number of hydrogen-bond acceptors (Lipinski definition) is 6. The number of nitrogens with one attached hydrogen (secondary N) is 1. The Labute approximate surface area is 168 Å². The van der Waals surface area contributed by atoms with Gasteiger partial charge in [0.15, 0.2) is 0 Å². The summed E-state index contributed by atoms with van der Waals surface area (Å²) in [6, 6.07) is 3.98. The SMILES string of the molecule is CC(C)(C)OC(=O)NC1CCN(c2cc(B3OC(C)(C)C(C)(C)O3)ccn2)C1. The molecule has 2 saturated heterocycles. The van der Waals surface area contributed by atoms with Gasteiger partial charge in [0.25, 0.3) is 0 Å². The van der Waals surface area contributed by atoms with Gasteiger partial charge in [0, 0.05) is 19.3 Å². The van der Waals surface area contributed by atoms with Gasteiger partial charge in [-0.15, -0.1) is 0 Å². The van der Waals surface area contributed by atoms with E-state index in [1.165, 1.54) is 0 Å². The summed E-state index contributed by atoms with van der Waals surface area (Å²) in [5.41, 5.74) is -0.303. The summed E-state index contributed by atoms with van der Waals surface area (Å²) in [6.07, 6.45) is 2.25. The Morgan fingerprint density at radius 1 is 1.29 bits per heavy atom. The molecule has 3 rings (SSSR count). The van der Waals surface area contributed by atoms with Crippen molar-refractivity contribution >= 4 is 24.5 Å². The fourth-order valence-corrected chi connectivity index (χ4v) is 3.29. The van der Waals surface area contributed by atoms with Crippen molar-refractivity contribution in [1.29, 1.82) is 0 Å². The van der Waals surface area contributed by atoms with Crippen LogP contribution in [0.15, 0.2) is 18.3 Å². The van der Waals surface area contributed by atoms with E-state index in [-0.39, 0.29) is 23.3 Å². The summed E-state index contributed by atoms with van der Waals surface area (Å²) in [7, 11) is -0.412. The number of anilines is 1. The Kier molecular flexibility index (Phi) is 5.40. The van der Waals surface area contributed by atoms with E-state index in [0.717, 1.165) is 24.2 Å². The minimum absolute atomic E-state index is 0.0390. The van der Waals surface area contributed by atoms with E-state index in [9.17, 15) is 4.79 Å². The zero-order valence-electron chi connectivity index (χ0n) is 18.0. The van der Waals surface area contributed by atoms with Crippen molar-refractivity contribution in [2.45, 2.75) is 77.7 Å². The average Bonchev–Trinajstić information content (AvgIpc) is 3.08. The van der Waals surface area contributed by atoms with Crippen molar-refractivity contribution in [2.24, 2.45) is 0 Å². The lowest BCUT2D eigenvalue weighted by atomic mass is 9.79. The lowest BCUT2D eigenvalue weighted by Crippen LogP contribution is -2.41. The molecule has 0 radical (unpaired) electrons. The Morgan fingerprint density at radius 2 is 1.93 bits per heavy atom. The molecule has 1 amide bonds. The minimum atomic E-state index is -0.499. The molecule has 0 spiro atoms. The molecular weight excluding hydrogens is 357 g/mol. The van der Waals surface area contributed by atoms with Gasteiger partial charge in [0.1, 0.15) is 11.4 Å². The van der Waals surface area contributed by atoms with E-state index in [0.29, 0.717) is 6.54 Å². The molecule has 8 heteroatoms. The summed E-state index contributed by atoms with van der Waals surface area (Å²) >= 11 is 0. The highest BCUT2D eigenvalue weighted by molar-refractivity contribution is 6.62. The fourth-order valence-electron chi connectivity index (χ4n) is 3.29. The van der Waals surface area contributed by atoms with Crippen LogP contribution < -0.4 is 15.7 Å². The maximum atomic E-state index is 12.0. The van der Waals surface area contributed by atoms with Crippen molar-refractivity contribution in [3.63, 3.8) is 0 Å². The van der Waals surface area contributed by atoms with Crippen LogP contribution in [0.4, 0.5) is 10.6 Å². The summed E-state index contributed by atoms with van der Waals surface area (Å²) in [6.45, 7) is 15.3. The number of ether oxygens (including phenoxy) is 1. The highest BCUT2D eigenvalue weighted by Gasteiger charge is 2.51. The van der Waals surface area contributed by atoms with E-state index >= 15 is 0 Å². The topological polar surface area (TPSA) is 72.9 Å². The largest absolute Gasteiger partial charge is 0.495 e. The summed E-state index contributed by atoms with van der Waals surface area (Å²) in [5.74, 6) is 0.862. The van der Waals surface area contributed by atoms with Gasteiger partial charge < -0.3 is 24.3 Å². The molecule has 0 bridgehead atoms. The number of rotatable bonds is 3. The third-order valence-corrected chi connectivity index (χ3v) is 5.53. The molecule has 1 unspecified atom stereocenters. The maximum Gasteiger partial charge on any atom is 0.495 e. The molecule has 7 nitrogen and oxygen atoms in total. The molecule has 28 heavy (non-hydrogen) atoms. The highest BCUT2D eigenvalue weighted by atomic mass is 16.7. The zero-order chi connectivity index (χ0) is 20.7. The van der Waals surface area contributed by atoms with E-state index in [4.69, 9.17) is 14.0 Å². The predicted molar refractivity (Wildman–Crippen MR) is 110 cm³/mol. The van der Waals surface area contributed by atoms with Crippen LogP contribution >= 0.6 is 0 Å². The molecule has 2 aliphatic heterocycles. The van der Waals surface area contributed by atoms with Gasteiger partial charge in [-0.05, 0) is 72.5 Å². The molecule has 3 heterocycles. The third-order valence-electron chi connectivity index (χ3n) is 5.53. The minimum Gasteiger partial charge on any atom is -0.444 e. The van der Waals surface area contributed by atoms with Crippen LogP contribution in [0, 0.1) is 0 Å². The van der Waals surface area contributed by atoms with Gasteiger partial charge in [-0.1, -0.05) is 0 Å². The number of carbonyl (C=O) groups is 1. The molecule has 1 N–H and O–H groups in total. The van der Waals surface area contributed by atoms with Crippen molar-refractivity contribution < 1.29 is 18.8 Å². The second-order valence-electron chi connectivity index (χ2n) is 9.61. The molecule has 1 atom stereocenters. The Bertz CT molecular complexity index is 716. The second-order valence-corrected chi connectivity index (χ2v) is 9.61. The van der Waals surface area contributed by atoms with Crippen LogP contribution in [0.2, 0.25) is 0 Å². The van der Waals surface area contributed by atoms with E-state index in [1.807, 2.05) is 60.6 Å². The summed E-state index contributed by atoms with van der Waals surface area (Å²) in [5, 5.41) is 2.95. The van der Waals surface area contributed by atoms with E-state index in [2.05, 4.69) is 15.2 Å². The van der Waals surface area contributed by atoms with Crippen LogP contribution in [-0.4, -0.2) is 54.1 Å². The first-order chi connectivity index (χ1) is 12.9. The maximum absolute atomic E-state index is 12.0. The van der Waals surface area contributed by atoms with E-state index < -0.39 is 12.7 Å². The smallest absolute Gasteiger partial charge is 0.444 e. The van der Waals surface area contributed by atoms with Crippen LogP contribution in [0.25, 0.3) is 0 Å². The Morgan fingerprint density at radius 3 is 2.54 bits per heavy atom. The van der Waals surface area contributed by atoms with Crippen molar-refractivity contribution in [1.82, 2.24) is 10.3 Å². The monoisotopic (exact) mass is 389 g/mol. The van der Waals surface area contributed by atoms with Crippen LogP contribution in [0.5, 0.6) is 0 Å². The highest BCUT2D eigenvalue weighted by Crippen LogP contribution is 2.36. The fraction of sp³-hybridized carbons (Fsp3) is 0.700. The molecule has 2 fully saturated rings. The number of nitrogens with zero attached hydrogens (tertiary/aromatic N) is 2. The van der Waals surface area contributed by atoms with Gasteiger partial charge >= 0.3 is 13.2 Å². The molecule has 0 saturated carbocycles. The number of carbonyl (C=O) groups excluding carboxylic acids is 1. The zero-order valence-corrected chi connectivity index (χ0v) is 18.0. The number of pyridine rings is 1. The van der Waals surface area contributed by atoms with Gasteiger partial charge in [0.05, 0.1) is 17.2 Å². The predicted octanol–water partition coefficient (Wildman–Crippen LogP) is 2.48. The molecule has 0 aliphatic carbocycles. The number of alkyl carbamates (subject to hydrolysis) is 1. The first-order valence-corrected chi connectivity index (χ1v) is 9.92. The molecule has 154 valence electrons. The van der Waals surface area contributed by atoms with Gasteiger partial charge in [0.2, 0.25) is 0 Å². The van der Waals surface area contributed by atoms with Crippen LogP contribution in [0.1, 0.15) is 54.9 Å². The molecule has 0 aromatic carbocycles. The van der Waals surface area contributed by atoms with E-state index in [1.54, 1.807) is 6.20 Å². The first-order valence-electron chi connectivity index (χ1n) is 9.92.